The van der Waals surface area contributed by atoms with Gasteiger partial charge in [-0.15, -0.1) is 0 Å². The Hall–Kier alpha value is -2.04. The first-order valence-corrected chi connectivity index (χ1v) is 6.01. The summed E-state index contributed by atoms with van der Waals surface area (Å²) in [5.74, 6) is 0.812. The molecule has 5 heteroatoms. The molecular weight excluding hydrogens is 230 g/mol. The van der Waals surface area contributed by atoms with E-state index in [9.17, 15) is 4.79 Å². The van der Waals surface area contributed by atoms with Crippen LogP contribution in [0.1, 0.15) is 12.5 Å². The summed E-state index contributed by atoms with van der Waals surface area (Å²) in [4.78, 5) is 15.8. The summed E-state index contributed by atoms with van der Waals surface area (Å²) in [6.07, 6.45) is -0.428. The van der Waals surface area contributed by atoms with E-state index in [4.69, 9.17) is 4.74 Å². The van der Waals surface area contributed by atoms with E-state index in [1.165, 1.54) is 0 Å². The zero-order valence-electron chi connectivity index (χ0n) is 10.3. The quantitative estimate of drug-likeness (QED) is 0.843. The number of rotatable bonds is 4. The molecule has 1 atom stereocenters. The minimum absolute atomic E-state index is 0.143. The van der Waals surface area contributed by atoms with Gasteiger partial charge in [0, 0.05) is 6.54 Å². The first-order valence-electron chi connectivity index (χ1n) is 6.01. The number of hydrogen-bond acceptors (Lipinski definition) is 4. The van der Waals surface area contributed by atoms with Crippen LogP contribution in [0.5, 0.6) is 0 Å². The maximum Gasteiger partial charge on any atom is 0.408 e. The molecule has 0 saturated carbocycles. The molecular formula is C13H17N3O2. The summed E-state index contributed by atoms with van der Waals surface area (Å²) in [5.41, 5.74) is 0.969. The van der Waals surface area contributed by atoms with Crippen LogP contribution in [0.4, 0.5) is 4.79 Å². The topological polar surface area (TPSA) is 62.7 Å². The highest BCUT2D eigenvalue weighted by Gasteiger charge is 2.16. The molecule has 0 bridgehead atoms. The minimum Gasteiger partial charge on any atom is -0.445 e. The van der Waals surface area contributed by atoms with Gasteiger partial charge in [-0.3, -0.25) is 4.99 Å². The molecule has 0 spiro atoms. The summed E-state index contributed by atoms with van der Waals surface area (Å²) in [5, 5.41) is 5.85. The Morgan fingerprint density at radius 2 is 2.28 bits per heavy atom. The Bertz CT molecular complexity index is 431. The van der Waals surface area contributed by atoms with E-state index in [2.05, 4.69) is 15.6 Å². The lowest BCUT2D eigenvalue weighted by atomic mass is 10.2. The molecule has 0 fully saturated rings. The van der Waals surface area contributed by atoms with E-state index in [1.807, 2.05) is 37.3 Å². The molecule has 1 heterocycles. The van der Waals surface area contributed by atoms with Crippen LogP contribution in [0, 0.1) is 0 Å². The maximum atomic E-state index is 11.6. The first kappa shape index (κ1) is 12.4. The Morgan fingerprint density at radius 3 is 2.94 bits per heavy atom. The SMILES string of the molecule is C[C@H](NC(=O)OCc1ccccc1)C1=NCCN1. The van der Waals surface area contributed by atoms with E-state index in [0.717, 1.165) is 24.5 Å². The van der Waals surface area contributed by atoms with Gasteiger partial charge in [0.15, 0.2) is 0 Å². The highest BCUT2D eigenvalue weighted by Crippen LogP contribution is 2.01. The van der Waals surface area contributed by atoms with Gasteiger partial charge in [0.1, 0.15) is 12.4 Å². The normalized spacial score (nSPS) is 15.5. The fourth-order valence-electron chi connectivity index (χ4n) is 1.72. The van der Waals surface area contributed by atoms with Crippen molar-refractivity contribution in [3.8, 4) is 0 Å². The van der Waals surface area contributed by atoms with Crippen LogP contribution in [0.25, 0.3) is 0 Å². The number of hydrogen-bond donors (Lipinski definition) is 2. The van der Waals surface area contributed by atoms with Crippen molar-refractivity contribution in [3.05, 3.63) is 35.9 Å². The van der Waals surface area contributed by atoms with Crippen LogP contribution in [0.15, 0.2) is 35.3 Å². The molecule has 0 unspecified atom stereocenters. The maximum absolute atomic E-state index is 11.6. The van der Waals surface area contributed by atoms with Gasteiger partial charge in [0.05, 0.1) is 12.6 Å². The molecule has 2 N–H and O–H groups in total. The number of carbonyl (C=O) groups excluding carboxylic acids is 1. The monoisotopic (exact) mass is 247 g/mol. The summed E-state index contributed by atoms with van der Waals surface area (Å²) in [7, 11) is 0. The molecule has 2 rings (SSSR count). The van der Waals surface area contributed by atoms with Crippen LogP contribution < -0.4 is 10.6 Å². The molecule has 5 nitrogen and oxygen atoms in total. The van der Waals surface area contributed by atoms with E-state index in [0.29, 0.717) is 0 Å². The van der Waals surface area contributed by atoms with E-state index in [-0.39, 0.29) is 12.6 Å². The van der Waals surface area contributed by atoms with Gasteiger partial charge in [-0.1, -0.05) is 30.3 Å². The van der Waals surface area contributed by atoms with Crippen LogP contribution >= 0.6 is 0 Å². The average molecular weight is 247 g/mol. The Balaban J connectivity index is 1.75. The Morgan fingerprint density at radius 1 is 1.50 bits per heavy atom. The molecule has 0 saturated heterocycles. The second-order valence-electron chi connectivity index (χ2n) is 4.12. The summed E-state index contributed by atoms with van der Waals surface area (Å²) >= 11 is 0. The van der Waals surface area contributed by atoms with Crippen LogP contribution in [-0.2, 0) is 11.3 Å². The lowest BCUT2D eigenvalue weighted by molar-refractivity contribution is 0.138. The standard InChI is InChI=1S/C13H17N3O2/c1-10(12-14-7-8-15-12)16-13(17)18-9-11-5-3-2-4-6-11/h2-6,10H,7-9H2,1H3,(H,14,15)(H,16,17)/t10-/m0/s1. The summed E-state index contributed by atoms with van der Waals surface area (Å²) < 4.78 is 5.13. The van der Waals surface area contributed by atoms with E-state index < -0.39 is 6.09 Å². The molecule has 1 aromatic rings. The first-order chi connectivity index (χ1) is 8.75. The Kier molecular flexibility index (Phi) is 4.17. The largest absolute Gasteiger partial charge is 0.445 e. The van der Waals surface area contributed by atoms with Crippen LogP contribution in [0.3, 0.4) is 0 Å². The van der Waals surface area contributed by atoms with Crippen molar-refractivity contribution < 1.29 is 9.53 Å². The molecule has 1 aromatic carbocycles. The smallest absolute Gasteiger partial charge is 0.408 e. The van der Waals surface area contributed by atoms with Crippen molar-refractivity contribution in [1.29, 1.82) is 0 Å². The number of carbonyl (C=O) groups is 1. The predicted molar refractivity (Wildman–Crippen MR) is 69.5 cm³/mol. The predicted octanol–water partition coefficient (Wildman–Crippen LogP) is 1.30. The molecule has 1 amide bonds. The van der Waals surface area contributed by atoms with Crippen molar-refractivity contribution in [2.75, 3.05) is 13.1 Å². The third kappa shape index (κ3) is 3.48. The second kappa shape index (κ2) is 6.05. The van der Waals surface area contributed by atoms with Gasteiger partial charge in [-0.25, -0.2) is 4.79 Å². The van der Waals surface area contributed by atoms with Crippen LogP contribution in [-0.4, -0.2) is 31.1 Å². The number of benzene rings is 1. The molecule has 0 aliphatic carbocycles. The number of amidine groups is 1. The number of nitrogens with zero attached hydrogens (tertiary/aromatic N) is 1. The van der Waals surface area contributed by atoms with Crippen molar-refractivity contribution in [3.63, 3.8) is 0 Å². The lowest BCUT2D eigenvalue weighted by Gasteiger charge is -2.14. The fraction of sp³-hybridized carbons (Fsp3) is 0.385. The van der Waals surface area contributed by atoms with Gasteiger partial charge >= 0.3 is 6.09 Å². The van der Waals surface area contributed by atoms with Gasteiger partial charge in [0.25, 0.3) is 0 Å². The number of amides is 1. The molecule has 0 aromatic heterocycles. The minimum atomic E-state index is -0.428. The zero-order chi connectivity index (χ0) is 12.8. The van der Waals surface area contributed by atoms with Crippen molar-refractivity contribution in [1.82, 2.24) is 10.6 Å². The third-order valence-corrected chi connectivity index (χ3v) is 2.66. The van der Waals surface area contributed by atoms with Crippen molar-refractivity contribution in [2.45, 2.75) is 19.6 Å². The van der Waals surface area contributed by atoms with Gasteiger partial charge in [-0.05, 0) is 12.5 Å². The van der Waals surface area contributed by atoms with E-state index >= 15 is 0 Å². The Labute approximate surface area is 106 Å². The van der Waals surface area contributed by atoms with E-state index in [1.54, 1.807) is 0 Å². The zero-order valence-corrected chi connectivity index (χ0v) is 10.3. The molecule has 18 heavy (non-hydrogen) atoms. The second-order valence-corrected chi connectivity index (χ2v) is 4.12. The highest BCUT2D eigenvalue weighted by atomic mass is 16.5. The number of ether oxygens (including phenoxy) is 1. The average Bonchev–Trinajstić information content (AvgIpc) is 2.91. The number of alkyl carbamates (subject to hydrolysis) is 1. The third-order valence-electron chi connectivity index (χ3n) is 2.66. The molecule has 0 radical (unpaired) electrons. The molecule has 96 valence electrons. The van der Waals surface area contributed by atoms with Crippen molar-refractivity contribution in [2.24, 2.45) is 4.99 Å². The van der Waals surface area contributed by atoms with Crippen molar-refractivity contribution >= 4 is 11.9 Å². The summed E-state index contributed by atoms with van der Waals surface area (Å²) in [6.45, 7) is 3.75. The highest BCUT2D eigenvalue weighted by molar-refractivity contribution is 5.90. The fourth-order valence-corrected chi connectivity index (χ4v) is 1.72. The molecule has 1 aliphatic rings. The van der Waals surface area contributed by atoms with Gasteiger partial charge < -0.3 is 15.4 Å². The number of nitrogens with one attached hydrogen (secondary N) is 2. The molecule has 1 aliphatic heterocycles. The van der Waals surface area contributed by atoms with Gasteiger partial charge in [-0.2, -0.15) is 0 Å². The number of aliphatic imine (C=N–C) groups is 1. The van der Waals surface area contributed by atoms with Crippen LogP contribution in [0.2, 0.25) is 0 Å². The summed E-state index contributed by atoms with van der Waals surface area (Å²) in [6, 6.07) is 9.44. The lowest BCUT2D eigenvalue weighted by Crippen LogP contribution is -2.43. The van der Waals surface area contributed by atoms with Gasteiger partial charge in [0.2, 0.25) is 0 Å².